The van der Waals surface area contributed by atoms with E-state index in [9.17, 15) is 14.4 Å². The third-order valence-electron chi connectivity index (χ3n) is 10.1. The zero-order valence-corrected chi connectivity index (χ0v) is 34.8. The number of aryl methyl sites for hydroxylation is 2. The molecule has 17 heteroatoms. The highest BCUT2D eigenvalue weighted by Gasteiger charge is 2.42. The number of nitrogens with one attached hydrogen (secondary N) is 4. The van der Waals surface area contributed by atoms with Crippen LogP contribution in [-0.2, 0) is 23.8 Å². The maximum atomic E-state index is 13.2. The number of hydrogen-bond acceptors (Lipinski definition) is 11. The van der Waals surface area contributed by atoms with Crippen LogP contribution in [-0.4, -0.2) is 114 Å². The first-order valence-corrected chi connectivity index (χ1v) is 21.8. The number of unbranched alkanes of at least 4 members (excludes halogenated alkanes) is 1. The summed E-state index contributed by atoms with van der Waals surface area (Å²) in [6.45, 7) is 10.1. The molecule has 1 aromatic carbocycles. The van der Waals surface area contributed by atoms with Crippen LogP contribution in [0.1, 0.15) is 84.2 Å². The molecule has 0 aliphatic carbocycles. The second-order valence-corrected chi connectivity index (χ2v) is 17.1. The van der Waals surface area contributed by atoms with Gasteiger partial charge < -0.3 is 35.5 Å². The number of nitrogens with zero attached hydrogens (tertiary/aromatic N) is 4. The fourth-order valence-corrected chi connectivity index (χ4v) is 9.97. The van der Waals surface area contributed by atoms with Gasteiger partial charge in [-0.05, 0) is 64.2 Å². The summed E-state index contributed by atoms with van der Waals surface area (Å²) in [6.07, 6.45) is 4.91. The molecule has 2 aromatic heterocycles. The van der Waals surface area contributed by atoms with Gasteiger partial charge in [-0.25, -0.2) is 4.79 Å². The molecule has 14 nitrogen and oxygen atoms in total. The molecule has 3 aromatic rings. The van der Waals surface area contributed by atoms with Crippen LogP contribution in [0.5, 0.6) is 0 Å². The third-order valence-corrected chi connectivity index (χ3v) is 13.1. The molecular weight excluding hydrogens is 776 g/mol. The van der Waals surface area contributed by atoms with Crippen molar-refractivity contribution >= 4 is 58.3 Å². The van der Waals surface area contributed by atoms with E-state index in [1.165, 1.54) is 4.88 Å². The molecule has 6 rings (SSSR count). The predicted octanol–water partition coefficient (Wildman–Crippen LogP) is 4.98. The SMILES string of the molecule is Cc1sc2c(c1C)C(c1ccc(Cl)cc1)=N[C@@H](CC(=O)NCCCOCCOCCOCCCNC(=O)CCCC[C@H]1SC[C@H]3NC(=O)N[C@H]31)c1nnc(C)n1-2. The average Bonchev–Trinajstić information content (AvgIpc) is 3.91. The van der Waals surface area contributed by atoms with Crippen molar-refractivity contribution in [1.29, 1.82) is 0 Å². The quantitative estimate of drug-likeness (QED) is 0.0807. The van der Waals surface area contributed by atoms with Gasteiger partial charge in [0.25, 0.3) is 0 Å². The molecule has 304 valence electrons. The fourth-order valence-electron chi connectivity index (χ4n) is 7.09. The number of aromatic nitrogens is 3. The summed E-state index contributed by atoms with van der Waals surface area (Å²) in [5, 5.41) is 22.9. The number of benzene rings is 1. The lowest BCUT2D eigenvalue weighted by atomic mass is 9.99. The molecule has 56 heavy (non-hydrogen) atoms. The van der Waals surface area contributed by atoms with E-state index in [-0.39, 0.29) is 36.3 Å². The van der Waals surface area contributed by atoms with Gasteiger partial charge in [0.1, 0.15) is 16.9 Å². The molecule has 0 bridgehead atoms. The number of urea groups is 1. The normalized spacial score (nSPS) is 19.7. The number of carbonyl (C=O) groups excluding carboxylic acids is 3. The van der Waals surface area contributed by atoms with Crippen molar-refractivity contribution in [3.63, 3.8) is 0 Å². The number of carbonyl (C=O) groups is 3. The van der Waals surface area contributed by atoms with Gasteiger partial charge >= 0.3 is 6.03 Å². The minimum Gasteiger partial charge on any atom is -0.379 e. The second-order valence-electron chi connectivity index (χ2n) is 14.2. The Balaban J connectivity index is 0.787. The largest absolute Gasteiger partial charge is 0.379 e. The fraction of sp³-hybridized carbons (Fsp3) is 0.590. The third kappa shape index (κ3) is 11.1. The van der Waals surface area contributed by atoms with E-state index in [1.54, 1.807) is 11.3 Å². The average molecular weight is 829 g/mol. The minimum absolute atomic E-state index is 0.0608. The topological polar surface area (TPSA) is 170 Å². The number of ether oxygens (including phenoxy) is 3. The van der Waals surface area contributed by atoms with Crippen LogP contribution >= 0.6 is 34.7 Å². The Labute approximate surface area is 341 Å². The van der Waals surface area contributed by atoms with Crippen molar-refractivity contribution in [1.82, 2.24) is 36.0 Å². The van der Waals surface area contributed by atoms with Crippen LogP contribution in [0.2, 0.25) is 5.02 Å². The lowest BCUT2D eigenvalue weighted by Crippen LogP contribution is -2.36. The molecule has 2 fully saturated rings. The first-order valence-electron chi connectivity index (χ1n) is 19.5. The van der Waals surface area contributed by atoms with E-state index >= 15 is 0 Å². The second kappa shape index (κ2) is 20.8. The Morgan fingerprint density at radius 3 is 2.29 bits per heavy atom. The van der Waals surface area contributed by atoms with Crippen molar-refractivity contribution < 1.29 is 28.6 Å². The van der Waals surface area contributed by atoms with Crippen molar-refractivity contribution in [2.75, 3.05) is 58.5 Å². The molecular formula is C39H53ClN8O6S2. The van der Waals surface area contributed by atoms with E-state index in [4.69, 9.17) is 30.8 Å². The smallest absolute Gasteiger partial charge is 0.315 e. The molecule has 0 radical (unpaired) electrons. The Kier molecular flexibility index (Phi) is 15.6. The van der Waals surface area contributed by atoms with Crippen LogP contribution in [0.3, 0.4) is 0 Å². The maximum absolute atomic E-state index is 13.2. The summed E-state index contributed by atoms with van der Waals surface area (Å²) in [6, 6.07) is 7.52. The Morgan fingerprint density at radius 1 is 0.893 bits per heavy atom. The molecule has 2 saturated heterocycles. The Hall–Kier alpha value is -3.54. The molecule has 3 aliphatic heterocycles. The van der Waals surface area contributed by atoms with Gasteiger partial charge in [0.05, 0.1) is 50.6 Å². The van der Waals surface area contributed by atoms with E-state index < -0.39 is 6.04 Å². The van der Waals surface area contributed by atoms with Gasteiger partial charge in [-0.1, -0.05) is 30.2 Å². The number of hydrogen-bond donors (Lipinski definition) is 4. The first-order chi connectivity index (χ1) is 27.2. The van der Waals surface area contributed by atoms with Crippen LogP contribution in [0, 0.1) is 20.8 Å². The van der Waals surface area contributed by atoms with Crippen molar-refractivity contribution in [2.45, 2.75) is 89.1 Å². The number of rotatable bonds is 22. The molecule has 4 atom stereocenters. The van der Waals surface area contributed by atoms with E-state index in [2.05, 4.69) is 45.3 Å². The monoisotopic (exact) mass is 828 g/mol. The summed E-state index contributed by atoms with van der Waals surface area (Å²) in [5.41, 5.74) is 3.93. The number of fused-ring (bicyclic) bond motifs is 4. The molecule has 4 amide bonds. The zero-order valence-electron chi connectivity index (χ0n) is 32.4. The van der Waals surface area contributed by atoms with E-state index in [0.717, 1.165) is 64.7 Å². The number of halogens is 1. The van der Waals surface area contributed by atoms with Crippen LogP contribution in [0.15, 0.2) is 29.3 Å². The molecule has 5 heterocycles. The van der Waals surface area contributed by atoms with Gasteiger partial charge in [0, 0.05) is 64.8 Å². The Bertz CT molecular complexity index is 1840. The lowest BCUT2D eigenvalue weighted by molar-refractivity contribution is -0.122. The van der Waals surface area contributed by atoms with Crippen LogP contribution in [0.25, 0.3) is 5.00 Å². The van der Waals surface area contributed by atoms with E-state index in [0.29, 0.717) is 81.7 Å². The summed E-state index contributed by atoms with van der Waals surface area (Å²) in [7, 11) is 0. The maximum Gasteiger partial charge on any atom is 0.315 e. The zero-order chi connectivity index (χ0) is 39.4. The standard InChI is InChI=1S/C39H53ClN8O6S2/c1-24-25(2)56-38-34(24)35(27-10-12-28(40)13-11-27)43-29(37-47-46-26(3)48(37)38)22-33(50)42-15-7-17-53-19-21-54-20-18-52-16-6-14-41-32(49)9-5-4-8-31-36-30(23-55-31)44-39(51)45-36/h10-13,29-31,36H,4-9,14-23H2,1-3H3,(H,41,49)(H,42,50)(H2,44,45,51)/t29-,30+,31+,36+/m0/s1. The van der Waals surface area contributed by atoms with Crippen LogP contribution < -0.4 is 21.3 Å². The minimum atomic E-state index is -0.516. The first kappa shape index (κ1) is 42.1. The highest BCUT2D eigenvalue weighted by atomic mass is 35.5. The molecule has 3 aliphatic rings. The highest BCUT2D eigenvalue weighted by molar-refractivity contribution is 8.00. The van der Waals surface area contributed by atoms with Gasteiger partial charge in [-0.2, -0.15) is 11.8 Å². The molecule has 0 saturated carbocycles. The Morgan fingerprint density at radius 2 is 1.57 bits per heavy atom. The van der Waals surface area contributed by atoms with E-state index in [1.807, 2.05) is 47.5 Å². The number of thiophene rings is 1. The highest BCUT2D eigenvalue weighted by Crippen LogP contribution is 2.39. The van der Waals surface area contributed by atoms with Gasteiger partial charge in [0.15, 0.2) is 5.82 Å². The summed E-state index contributed by atoms with van der Waals surface area (Å²) < 4.78 is 18.9. The number of aliphatic imine (C=N–C) groups is 1. The molecule has 0 spiro atoms. The predicted molar refractivity (Wildman–Crippen MR) is 220 cm³/mol. The van der Waals surface area contributed by atoms with Crippen molar-refractivity contribution in [3.8, 4) is 5.00 Å². The van der Waals surface area contributed by atoms with Gasteiger partial charge in [-0.15, -0.1) is 21.5 Å². The molecule has 4 N–H and O–H groups in total. The molecule has 0 unspecified atom stereocenters. The number of thioether (sulfide) groups is 1. The van der Waals surface area contributed by atoms with Gasteiger partial charge in [-0.3, -0.25) is 19.1 Å². The number of amides is 4. The van der Waals surface area contributed by atoms with Crippen molar-refractivity contribution in [3.05, 3.63) is 62.5 Å². The van der Waals surface area contributed by atoms with Crippen molar-refractivity contribution in [2.24, 2.45) is 4.99 Å². The lowest BCUT2D eigenvalue weighted by Gasteiger charge is -2.16. The summed E-state index contributed by atoms with van der Waals surface area (Å²) in [4.78, 5) is 43.2. The van der Waals surface area contributed by atoms with Gasteiger partial charge in [0.2, 0.25) is 11.8 Å². The summed E-state index contributed by atoms with van der Waals surface area (Å²) in [5.74, 6) is 2.31. The summed E-state index contributed by atoms with van der Waals surface area (Å²) >= 11 is 9.80. The van der Waals surface area contributed by atoms with Crippen LogP contribution in [0.4, 0.5) is 4.79 Å².